The number of carbonyl (C=O) groups is 1. The molecule has 146 valence electrons. The predicted octanol–water partition coefficient (Wildman–Crippen LogP) is 4.88. The van der Waals surface area contributed by atoms with Crippen LogP contribution in [0.3, 0.4) is 0 Å². The van der Waals surface area contributed by atoms with Crippen molar-refractivity contribution in [3.05, 3.63) is 74.4 Å². The summed E-state index contributed by atoms with van der Waals surface area (Å²) in [7, 11) is 0. The molecular weight excluding hydrogens is 451 g/mol. The number of amides is 1. The molecule has 0 radical (unpaired) electrons. The van der Waals surface area contributed by atoms with Gasteiger partial charge in [-0.25, -0.2) is 9.97 Å². The number of carbonyl (C=O) groups excluding carboxylic acids is 1. The fraction of sp³-hybridized carbons (Fsp3) is 0.0526. The Balaban J connectivity index is 1.73. The molecule has 10 heteroatoms. The zero-order chi connectivity index (χ0) is 20.4. The Labute approximate surface area is 183 Å². The summed E-state index contributed by atoms with van der Waals surface area (Å²) >= 11 is 14.5. The van der Waals surface area contributed by atoms with Crippen molar-refractivity contribution in [1.82, 2.24) is 14.5 Å². The van der Waals surface area contributed by atoms with Crippen LogP contribution in [0.4, 0.5) is 5.13 Å². The quantitative estimate of drug-likeness (QED) is 0.337. The standard InChI is InChI=1S/C19H12Cl2N4O2S2/c20-11-1-4-13(5-2-11)25-17(27)14-6-3-12(21)9-15(14)23-19(25)29-10-16(26)24-18-22-7-8-28-18/h1-9H,10H2,(H,22,24,26). The van der Waals surface area contributed by atoms with Crippen LogP contribution in [0.25, 0.3) is 16.6 Å². The summed E-state index contributed by atoms with van der Waals surface area (Å²) in [6.45, 7) is 0. The number of benzene rings is 2. The van der Waals surface area contributed by atoms with Gasteiger partial charge in [-0.3, -0.25) is 14.2 Å². The zero-order valence-corrected chi connectivity index (χ0v) is 17.8. The maximum atomic E-state index is 13.2. The maximum absolute atomic E-state index is 13.2. The minimum Gasteiger partial charge on any atom is -0.301 e. The largest absolute Gasteiger partial charge is 0.301 e. The maximum Gasteiger partial charge on any atom is 0.266 e. The topological polar surface area (TPSA) is 76.9 Å². The molecule has 1 amide bonds. The number of thioether (sulfide) groups is 1. The van der Waals surface area contributed by atoms with E-state index in [2.05, 4.69) is 15.3 Å². The van der Waals surface area contributed by atoms with Crippen LogP contribution in [-0.2, 0) is 4.79 Å². The summed E-state index contributed by atoms with van der Waals surface area (Å²) in [6.07, 6.45) is 1.61. The summed E-state index contributed by atoms with van der Waals surface area (Å²) in [5.74, 6) is -0.181. The molecule has 0 spiro atoms. The molecule has 0 aliphatic rings. The van der Waals surface area contributed by atoms with Crippen LogP contribution in [0.2, 0.25) is 10.0 Å². The fourth-order valence-electron chi connectivity index (χ4n) is 2.62. The third-order valence-corrected chi connectivity index (χ3v) is 6.01. The first-order valence-corrected chi connectivity index (χ1v) is 10.9. The summed E-state index contributed by atoms with van der Waals surface area (Å²) < 4.78 is 1.47. The average molecular weight is 463 g/mol. The van der Waals surface area contributed by atoms with Crippen molar-refractivity contribution in [1.29, 1.82) is 0 Å². The first-order valence-electron chi connectivity index (χ1n) is 8.31. The molecule has 4 rings (SSSR count). The molecule has 0 aliphatic carbocycles. The van der Waals surface area contributed by atoms with Crippen LogP contribution in [-0.4, -0.2) is 26.2 Å². The van der Waals surface area contributed by atoms with E-state index in [9.17, 15) is 9.59 Å². The number of aromatic nitrogens is 3. The van der Waals surface area contributed by atoms with E-state index in [1.54, 1.807) is 54.0 Å². The van der Waals surface area contributed by atoms with Crippen LogP contribution in [0.15, 0.2) is 64.0 Å². The highest BCUT2D eigenvalue weighted by atomic mass is 35.5. The normalized spacial score (nSPS) is 11.0. The van der Waals surface area contributed by atoms with Crippen LogP contribution in [0, 0.1) is 0 Å². The summed E-state index contributed by atoms with van der Waals surface area (Å²) in [5, 5.41) is 6.85. The summed E-state index contributed by atoms with van der Waals surface area (Å²) in [4.78, 5) is 34.0. The van der Waals surface area contributed by atoms with Gasteiger partial charge in [0.15, 0.2) is 10.3 Å². The molecular formula is C19H12Cl2N4O2S2. The Morgan fingerprint density at radius 2 is 1.90 bits per heavy atom. The lowest BCUT2D eigenvalue weighted by molar-refractivity contribution is -0.113. The highest BCUT2D eigenvalue weighted by Gasteiger charge is 2.15. The van der Waals surface area contributed by atoms with Crippen LogP contribution in [0.5, 0.6) is 0 Å². The van der Waals surface area contributed by atoms with Crippen molar-refractivity contribution in [2.75, 3.05) is 11.1 Å². The van der Waals surface area contributed by atoms with Crippen molar-refractivity contribution in [3.63, 3.8) is 0 Å². The minimum absolute atomic E-state index is 0.0612. The number of halogens is 2. The van der Waals surface area contributed by atoms with E-state index in [0.717, 1.165) is 11.8 Å². The average Bonchev–Trinajstić information content (AvgIpc) is 3.20. The van der Waals surface area contributed by atoms with Crippen LogP contribution in [0.1, 0.15) is 0 Å². The van der Waals surface area contributed by atoms with Gasteiger partial charge < -0.3 is 5.32 Å². The molecule has 0 saturated carbocycles. The molecule has 0 bridgehead atoms. The fourth-order valence-corrected chi connectivity index (χ4v) is 4.27. The molecule has 0 saturated heterocycles. The van der Waals surface area contributed by atoms with Gasteiger partial charge >= 0.3 is 0 Å². The SMILES string of the molecule is O=C(CSc1nc2cc(Cl)ccc2c(=O)n1-c1ccc(Cl)cc1)Nc1nccs1. The molecule has 4 aromatic rings. The second-order valence-electron chi connectivity index (χ2n) is 5.85. The monoisotopic (exact) mass is 462 g/mol. The van der Waals surface area contributed by atoms with Crippen molar-refractivity contribution >= 4 is 68.2 Å². The number of hydrogen-bond acceptors (Lipinski definition) is 6. The molecule has 2 aromatic heterocycles. The molecule has 0 aliphatic heterocycles. The van der Waals surface area contributed by atoms with Crippen LogP contribution < -0.4 is 10.9 Å². The van der Waals surface area contributed by atoms with E-state index in [-0.39, 0.29) is 17.2 Å². The highest BCUT2D eigenvalue weighted by Crippen LogP contribution is 2.24. The molecule has 0 fully saturated rings. The van der Waals surface area contributed by atoms with Gasteiger partial charge in [0, 0.05) is 21.6 Å². The van der Waals surface area contributed by atoms with E-state index < -0.39 is 0 Å². The third kappa shape index (κ3) is 4.45. The van der Waals surface area contributed by atoms with E-state index in [1.807, 2.05) is 0 Å². The van der Waals surface area contributed by atoms with Crippen molar-refractivity contribution < 1.29 is 4.79 Å². The molecule has 2 aromatic carbocycles. The molecule has 2 heterocycles. The first kappa shape index (κ1) is 19.9. The van der Waals surface area contributed by atoms with Gasteiger partial charge in [0.1, 0.15) is 0 Å². The number of hydrogen-bond donors (Lipinski definition) is 1. The predicted molar refractivity (Wildman–Crippen MR) is 119 cm³/mol. The van der Waals surface area contributed by atoms with Gasteiger partial charge in [-0.05, 0) is 42.5 Å². The van der Waals surface area contributed by atoms with Crippen LogP contribution >= 0.6 is 46.3 Å². The lowest BCUT2D eigenvalue weighted by atomic mass is 10.2. The second kappa shape index (κ2) is 8.54. The highest BCUT2D eigenvalue weighted by molar-refractivity contribution is 7.99. The van der Waals surface area contributed by atoms with Crippen molar-refractivity contribution in [2.45, 2.75) is 5.16 Å². The van der Waals surface area contributed by atoms with Gasteiger partial charge in [-0.15, -0.1) is 11.3 Å². The Kier molecular flexibility index (Phi) is 5.86. The minimum atomic E-state index is -0.253. The number of fused-ring (bicyclic) bond motifs is 1. The van der Waals surface area contributed by atoms with Gasteiger partial charge in [0.2, 0.25) is 5.91 Å². The van der Waals surface area contributed by atoms with Crippen molar-refractivity contribution in [2.24, 2.45) is 0 Å². The molecule has 6 nitrogen and oxygen atoms in total. The summed E-state index contributed by atoms with van der Waals surface area (Å²) in [5.41, 5.74) is 0.818. The van der Waals surface area contributed by atoms with E-state index in [0.29, 0.717) is 36.9 Å². The summed E-state index contributed by atoms with van der Waals surface area (Å²) in [6, 6.07) is 11.8. The smallest absolute Gasteiger partial charge is 0.266 e. The van der Waals surface area contributed by atoms with E-state index in [1.165, 1.54) is 15.9 Å². The lowest BCUT2D eigenvalue weighted by Gasteiger charge is -2.13. The van der Waals surface area contributed by atoms with Gasteiger partial charge in [-0.1, -0.05) is 35.0 Å². The van der Waals surface area contributed by atoms with Gasteiger partial charge in [0.05, 0.1) is 22.3 Å². The zero-order valence-electron chi connectivity index (χ0n) is 14.6. The number of thiazole rings is 1. The molecule has 0 atom stereocenters. The van der Waals surface area contributed by atoms with Gasteiger partial charge in [-0.2, -0.15) is 0 Å². The van der Waals surface area contributed by atoms with Gasteiger partial charge in [0.25, 0.3) is 5.56 Å². The molecule has 1 N–H and O–H groups in total. The van der Waals surface area contributed by atoms with E-state index >= 15 is 0 Å². The Bertz CT molecular complexity index is 1240. The van der Waals surface area contributed by atoms with E-state index in [4.69, 9.17) is 23.2 Å². The number of nitrogens with one attached hydrogen (secondary N) is 1. The molecule has 0 unspecified atom stereocenters. The number of anilines is 1. The Morgan fingerprint density at radius 3 is 2.62 bits per heavy atom. The second-order valence-corrected chi connectivity index (χ2v) is 8.56. The lowest BCUT2D eigenvalue weighted by Crippen LogP contribution is -2.23. The van der Waals surface area contributed by atoms with Crippen molar-refractivity contribution in [3.8, 4) is 5.69 Å². The number of nitrogens with zero attached hydrogens (tertiary/aromatic N) is 3. The molecule has 29 heavy (non-hydrogen) atoms. The Hall–Kier alpha value is -2.39. The number of rotatable bonds is 5. The first-order chi connectivity index (χ1) is 14.0. The Morgan fingerprint density at radius 1 is 1.14 bits per heavy atom. The third-order valence-electron chi connectivity index (χ3n) is 3.90.